The molecule has 5 nitrogen and oxygen atoms in total. The molecule has 1 fully saturated rings. The number of aromatic nitrogens is 2. The van der Waals surface area contributed by atoms with Crippen molar-refractivity contribution < 1.29 is 9.18 Å². The smallest absolute Gasteiger partial charge is 0.253 e. The van der Waals surface area contributed by atoms with Crippen LogP contribution in [-0.2, 0) is 6.54 Å². The lowest BCUT2D eigenvalue weighted by molar-refractivity contribution is 0.0781. The Hall–Kier alpha value is -2.73. The van der Waals surface area contributed by atoms with Gasteiger partial charge in [0, 0.05) is 31.2 Å². The SMILES string of the molecule is CCN(C)[C@H]1CCN(C(=O)c2ccc(Cn3cnc4cccc(F)c43)cc2)C1. The molecule has 0 unspecified atom stereocenters. The van der Waals surface area contributed by atoms with Gasteiger partial charge in [-0.1, -0.05) is 25.1 Å². The summed E-state index contributed by atoms with van der Waals surface area (Å²) in [5.74, 6) is -0.194. The molecule has 2 heterocycles. The molecular formula is C22H25FN4O. The van der Waals surface area contributed by atoms with Gasteiger partial charge in [-0.2, -0.15) is 0 Å². The molecule has 146 valence electrons. The van der Waals surface area contributed by atoms with Gasteiger partial charge in [0.15, 0.2) is 0 Å². The molecule has 3 aromatic rings. The lowest BCUT2D eigenvalue weighted by atomic mass is 10.1. The summed E-state index contributed by atoms with van der Waals surface area (Å²) in [5.41, 5.74) is 2.85. The third kappa shape index (κ3) is 3.52. The van der Waals surface area contributed by atoms with Gasteiger partial charge in [0.2, 0.25) is 0 Å². The van der Waals surface area contributed by atoms with Gasteiger partial charge in [-0.25, -0.2) is 9.37 Å². The van der Waals surface area contributed by atoms with Gasteiger partial charge in [0.05, 0.1) is 11.8 Å². The van der Waals surface area contributed by atoms with Gasteiger partial charge >= 0.3 is 0 Å². The molecule has 0 bridgehead atoms. The van der Waals surface area contributed by atoms with Crippen molar-refractivity contribution in [2.24, 2.45) is 0 Å². The zero-order valence-corrected chi connectivity index (χ0v) is 16.3. The topological polar surface area (TPSA) is 41.4 Å². The maximum Gasteiger partial charge on any atom is 0.253 e. The van der Waals surface area contributed by atoms with E-state index in [1.807, 2.05) is 29.2 Å². The first-order valence-electron chi connectivity index (χ1n) is 9.74. The maximum absolute atomic E-state index is 14.1. The van der Waals surface area contributed by atoms with Crippen molar-refractivity contribution in [3.63, 3.8) is 0 Å². The number of imidazole rings is 1. The van der Waals surface area contributed by atoms with E-state index >= 15 is 0 Å². The molecule has 0 aliphatic carbocycles. The summed E-state index contributed by atoms with van der Waals surface area (Å²) in [6.07, 6.45) is 2.68. The number of carbonyl (C=O) groups excluding carboxylic acids is 1. The largest absolute Gasteiger partial charge is 0.337 e. The summed E-state index contributed by atoms with van der Waals surface area (Å²) in [4.78, 5) is 21.3. The first-order chi connectivity index (χ1) is 13.6. The quantitative estimate of drug-likeness (QED) is 0.681. The molecular weight excluding hydrogens is 355 g/mol. The highest BCUT2D eigenvalue weighted by atomic mass is 19.1. The Bertz CT molecular complexity index is 982. The van der Waals surface area contributed by atoms with E-state index in [0.29, 0.717) is 29.2 Å². The first-order valence-corrected chi connectivity index (χ1v) is 9.74. The van der Waals surface area contributed by atoms with Gasteiger partial charge in [-0.15, -0.1) is 0 Å². The van der Waals surface area contributed by atoms with E-state index in [0.717, 1.165) is 31.6 Å². The number of likely N-dealkylation sites (N-methyl/N-ethyl adjacent to an activating group) is 1. The van der Waals surface area contributed by atoms with Crippen LogP contribution in [0.1, 0.15) is 29.3 Å². The van der Waals surface area contributed by atoms with E-state index in [4.69, 9.17) is 0 Å². The lowest BCUT2D eigenvalue weighted by Crippen LogP contribution is -2.36. The second kappa shape index (κ2) is 7.72. The predicted molar refractivity (Wildman–Crippen MR) is 108 cm³/mol. The van der Waals surface area contributed by atoms with Crippen LogP contribution in [0.5, 0.6) is 0 Å². The summed E-state index contributed by atoms with van der Waals surface area (Å²) in [7, 11) is 2.11. The highest BCUT2D eigenvalue weighted by Crippen LogP contribution is 2.20. The molecule has 1 amide bonds. The maximum atomic E-state index is 14.1. The highest BCUT2D eigenvalue weighted by molar-refractivity contribution is 5.94. The molecule has 0 saturated carbocycles. The van der Waals surface area contributed by atoms with E-state index in [2.05, 4.69) is 23.9 Å². The Kier molecular flexibility index (Phi) is 5.13. The third-order valence-electron chi connectivity index (χ3n) is 5.72. The number of benzene rings is 2. The van der Waals surface area contributed by atoms with Gasteiger partial charge in [-0.05, 0) is 49.8 Å². The molecule has 1 aliphatic heterocycles. The summed E-state index contributed by atoms with van der Waals surface area (Å²) in [6.45, 7) is 5.23. The van der Waals surface area contributed by atoms with E-state index in [-0.39, 0.29) is 11.7 Å². The molecule has 1 atom stereocenters. The van der Waals surface area contributed by atoms with Gasteiger partial charge in [-0.3, -0.25) is 4.79 Å². The summed E-state index contributed by atoms with van der Waals surface area (Å²) >= 11 is 0. The van der Waals surface area contributed by atoms with Crippen molar-refractivity contribution in [1.29, 1.82) is 0 Å². The normalized spacial score (nSPS) is 17.0. The van der Waals surface area contributed by atoms with Crippen molar-refractivity contribution in [2.75, 3.05) is 26.7 Å². The zero-order chi connectivity index (χ0) is 19.7. The summed E-state index contributed by atoms with van der Waals surface area (Å²) in [5, 5.41) is 0. The number of para-hydroxylation sites is 1. The molecule has 6 heteroatoms. The second-order valence-electron chi connectivity index (χ2n) is 7.44. The van der Waals surface area contributed by atoms with Gasteiger partial charge in [0.1, 0.15) is 11.3 Å². The molecule has 1 saturated heterocycles. The number of hydrogen-bond acceptors (Lipinski definition) is 3. The number of fused-ring (bicyclic) bond motifs is 1. The van der Waals surface area contributed by atoms with Crippen LogP contribution < -0.4 is 0 Å². The van der Waals surface area contributed by atoms with Crippen molar-refractivity contribution in [1.82, 2.24) is 19.4 Å². The fraction of sp³-hybridized carbons (Fsp3) is 0.364. The number of nitrogens with zero attached hydrogens (tertiary/aromatic N) is 4. The fourth-order valence-electron chi connectivity index (χ4n) is 3.88. The Labute approximate surface area is 164 Å². The standard InChI is InChI=1S/C22H25FN4O/c1-3-25(2)18-11-12-26(14-18)22(28)17-9-7-16(8-10-17)13-27-15-24-20-6-4-5-19(23)21(20)27/h4-10,15,18H,3,11-14H2,1-2H3/t18-/m0/s1. The van der Waals surface area contributed by atoms with Crippen molar-refractivity contribution in [2.45, 2.75) is 25.9 Å². The van der Waals surface area contributed by atoms with Crippen LogP contribution in [0.2, 0.25) is 0 Å². The molecule has 1 aromatic heterocycles. The van der Waals surface area contributed by atoms with Crippen molar-refractivity contribution in [3.05, 3.63) is 65.7 Å². The summed E-state index contributed by atoms with van der Waals surface area (Å²) in [6, 6.07) is 13.0. The Balaban J connectivity index is 1.46. The third-order valence-corrected chi connectivity index (χ3v) is 5.72. The Morgan fingerprint density at radius 3 is 2.79 bits per heavy atom. The fourth-order valence-corrected chi connectivity index (χ4v) is 3.88. The number of rotatable bonds is 5. The van der Waals surface area contributed by atoms with Crippen LogP contribution in [0.25, 0.3) is 11.0 Å². The second-order valence-corrected chi connectivity index (χ2v) is 7.44. The monoisotopic (exact) mass is 380 g/mol. The molecule has 0 radical (unpaired) electrons. The highest BCUT2D eigenvalue weighted by Gasteiger charge is 2.28. The number of hydrogen-bond donors (Lipinski definition) is 0. The number of amides is 1. The van der Waals surface area contributed by atoms with Crippen LogP contribution in [0.3, 0.4) is 0 Å². The minimum absolute atomic E-state index is 0.0812. The van der Waals surface area contributed by atoms with Crippen LogP contribution >= 0.6 is 0 Å². The number of halogens is 1. The minimum Gasteiger partial charge on any atom is -0.337 e. The zero-order valence-electron chi connectivity index (χ0n) is 16.3. The summed E-state index contributed by atoms with van der Waals surface area (Å²) < 4.78 is 15.9. The average molecular weight is 380 g/mol. The van der Waals surface area contributed by atoms with Crippen molar-refractivity contribution in [3.8, 4) is 0 Å². The van der Waals surface area contributed by atoms with Crippen LogP contribution in [0.4, 0.5) is 4.39 Å². The average Bonchev–Trinajstić information content (AvgIpc) is 3.36. The molecule has 0 spiro atoms. The van der Waals surface area contributed by atoms with Gasteiger partial charge in [0.25, 0.3) is 5.91 Å². The minimum atomic E-state index is -0.276. The van der Waals surface area contributed by atoms with E-state index in [1.54, 1.807) is 23.0 Å². The number of carbonyl (C=O) groups is 1. The van der Waals surface area contributed by atoms with Crippen LogP contribution in [0.15, 0.2) is 48.8 Å². The molecule has 2 aromatic carbocycles. The van der Waals surface area contributed by atoms with Crippen LogP contribution in [-0.4, -0.2) is 58.0 Å². The molecule has 1 aliphatic rings. The molecule has 0 N–H and O–H groups in total. The van der Waals surface area contributed by atoms with Gasteiger partial charge < -0.3 is 14.4 Å². The lowest BCUT2D eigenvalue weighted by Gasteiger charge is -2.23. The van der Waals surface area contributed by atoms with E-state index in [9.17, 15) is 9.18 Å². The Morgan fingerprint density at radius 1 is 1.25 bits per heavy atom. The van der Waals surface area contributed by atoms with E-state index in [1.165, 1.54) is 6.07 Å². The van der Waals surface area contributed by atoms with E-state index < -0.39 is 0 Å². The predicted octanol–water partition coefficient (Wildman–Crippen LogP) is 3.39. The Morgan fingerprint density at radius 2 is 2.04 bits per heavy atom. The van der Waals surface area contributed by atoms with Crippen LogP contribution in [0, 0.1) is 5.82 Å². The molecule has 4 rings (SSSR count). The number of likely N-dealkylation sites (tertiary alicyclic amines) is 1. The first kappa shape index (κ1) is 18.6. The molecule has 28 heavy (non-hydrogen) atoms. The van der Waals surface area contributed by atoms with Crippen molar-refractivity contribution >= 4 is 16.9 Å².